The average molecular weight is 303 g/mol. The molecule has 0 saturated carbocycles. The van der Waals surface area contributed by atoms with Gasteiger partial charge in [0.1, 0.15) is 0 Å². The third-order valence-corrected chi connectivity index (χ3v) is 7.62. The van der Waals surface area contributed by atoms with Crippen LogP contribution in [0.4, 0.5) is 0 Å². The van der Waals surface area contributed by atoms with E-state index in [4.69, 9.17) is 0 Å². The lowest BCUT2D eigenvalue weighted by molar-refractivity contribution is 0.336. The highest BCUT2D eigenvalue weighted by molar-refractivity contribution is 7.91. The van der Waals surface area contributed by atoms with Gasteiger partial charge in [-0.05, 0) is 32.7 Å². The Balaban J connectivity index is 2.05. The number of thiazole rings is 1. The highest BCUT2D eigenvalue weighted by Crippen LogP contribution is 2.37. The molecule has 3 heterocycles. The molecule has 0 amide bonds. The average Bonchev–Trinajstić information content (AvgIpc) is 2.92. The first-order valence-corrected chi connectivity index (χ1v) is 8.61. The van der Waals surface area contributed by atoms with E-state index >= 15 is 0 Å². The first kappa shape index (κ1) is 13.3. The molecule has 19 heavy (non-hydrogen) atoms. The Labute approximate surface area is 115 Å². The molecule has 2 aliphatic rings. The van der Waals surface area contributed by atoms with Gasteiger partial charge in [0.2, 0.25) is 0 Å². The lowest BCUT2D eigenvalue weighted by Gasteiger charge is -2.26. The fraction of sp³-hybridized carbons (Fsp3) is 0.727. The summed E-state index contributed by atoms with van der Waals surface area (Å²) in [4.78, 5) is 13.6. The molecule has 1 aromatic heterocycles. The molecule has 3 unspecified atom stereocenters. The third kappa shape index (κ3) is 1.97. The number of rotatable bonds is 2. The van der Waals surface area contributed by atoms with Crippen molar-refractivity contribution < 1.29 is 8.42 Å². The second kappa shape index (κ2) is 4.41. The topological polar surface area (TPSA) is 82.3 Å². The molecule has 0 aliphatic carbocycles. The zero-order chi connectivity index (χ0) is 13.8. The van der Waals surface area contributed by atoms with Gasteiger partial charge < -0.3 is 10.3 Å². The summed E-state index contributed by atoms with van der Waals surface area (Å²) in [5.41, 5.74) is 0.441. The summed E-state index contributed by atoms with van der Waals surface area (Å²) >= 11 is 0.783. The number of aryl methyl sites for hydroxylation is 1. The summed E-state index contributed by atoms with van der Waals surface area (Å²) < 4.78 is 27.3. The second-order valence-electron chi connectivity index (χ2n) is 5.33. The van der Waals surface area contributed by atoms with Crippen LogP contribution in [0.5, 0.6) is 0 Å². The maximum absolute atomic E-state index is 12.8. The molecule has 0 aromatic carbocycles. The molecule has 2 N–H and O–H groups in total. The van der Waals surface area contributed by atoms with E-state index in [1.807, 2.05) is 6.92 Å². The van der Waals surface area contributed by atoms with Gasteiger partial charge >= 0.3 is 4.87 Å². The fourth-order valence-corrected chi connectivity index (χ4v) is 6.55. The number of H-pyrrole nitrogens is 1. The Bertz CT molecular complexity index is 648. The van der Waals surface area contributed by atoms with Crippen molar-refractivity contribution >= 4 is 21.4 Å². The van der Waals surface area contributed by atoms with Gasteiger partial charge in [0, 0.05) is 24.3 Å². The number of nitrogens with zero attached hydrogens (tertiary/aromatic N) is 1. The zero-order valence-electron chi connectivity index (χ0n) is 10.8. The van der Waals surface area contributed by atoms with Gasteiger partial charge in [-0.15, -0.1) is 0 Å². The maximum Gasteiger partial charge on any atom is 0.305 e. The molecule has 2 saturated heterocycles. The highest BCUT2D eigenvalue weighted by atomic mass is 32.2. The molecule has 8 heteroatoms. The minimum Gasteiger partial charge on any atom is -0.315 e. The quantitative estimate of drug-likeness (QED) is 0.813. The molecule has 2 aliphatic heterocycles. The number of sulfonamides is 1. The number of aromatic nitrogens is 1. The summed E-state index contributed by atoms with van der Waals surface area (Å²) in [5.74, 6) is 0.390. The van der Waals surface area contributed by atoms with Gasteiger partial charge in [0.05, 0.1) is 0 Å². The van der Waals surface area contributed by atoms with Crippen molar-refractivity contribution in [1.29, 1.82) is 0 Å². The van der Waals surface area contributed by atoms with E-state index in [-0.39, 0.29) is 21.2 Å². The number of hydrogen-bond donors (Lipinski definition) is 2. The Morgan fingerprint density at radius 2 is 2.11 bits per heavy atom. The molecule has 0 bridgehead atoms. The molecule has 6 nitrogen and oxygen atoms in total. The Hall–Kier alpha value is -0.700. The molecular formula is C11H17N3O3S2. The van der Waals surface area contributed by atoms with Crippen LogP contribution in [-0.4, -0.2) is 42.9 Å². The number of nitrogens with one attached hydrogen (secondary N) is 2. The normalized spacial score (nSPS) is 31.8. The fourth-order valence-electron chi connectivity index (χ4n) is 3.27. The summed E-state index contributed by atoms with van der Waals surface area (Å²) in [5, 5.41) is 3.25. The summed E-state index contributed by atoms with van der Waals surface area (Å²) in [6.45, 7) is 5.16. The van der Waals surface area contributed by atoms with E-state index in [2.05, 4.69) is 10.3 Å². The van der Waals surface area contributed by atoms with Crippen molar-refractivity contribution in [1.82, 2.24) is 14.6 Å². The van der Waals surface area contributed by atoms with Crippen LogP contribution in [-0.2, 0) is 10.0 Å². The SMILES string of the molecule is Cc1[nH]c(=O)sc1S(=O)(=O)N1C(C)CC2CNCC21. The van der Waals surface area contributed by atoms with Gasteiger partial charge in [0.15, 0.2) is 4.21 Å². The van der Waals surface area contributed by atoms with Gasteiger partial charge in [-0.25, -0.2) is 8.42 Å². The molecular weight excluding hydrogens is 286 g/mol. The molecule has 106 valence electrons. The van der Waals surface area contributed by atoms with Crippen molar-refractivity contribution in [3.05, 3.63) is 15.4 Å². The molecule has 0 radical (unpaired) electrons. The Morgan fingerprint density at radius 3 is 2.74 bits per heavy atom. The van der Waals surface area contributed by atoms with Crippen molar-refractivity contribution in [2.24, 2.45) is 5.92 Å². The van der Waals surface area contributed by atoms with Gasteiger partial charge in [0.25, 0.3) is 10.0 Å². The lowest BCUT2D eigenvalue weighted by atomic mass is 10.0. The summed E-state index contributed by atoms with van der Waals surface area (Å²) in [7, 11) is -3.57. The number of aromatic amines is 1. The third-order valence-electron chi connectivity index (χ3n) is 4.00. The Kier molecular flexibility index (Phi) is 3.08. The standard InChI is InChI=1S/C11H17N3O3S2/c1-6-3-8-4-12-5-9(8)14(6)19(16,17)10-7(2)13-11(15)18-10/h6,8-9,12H,3-5H2,1-2H3,(H,13,15). The van der Waals surface area contributed by atoms with Gasteiger partial charge in [-0.1, -0.05) is 11.3 Å². The van der Waals surface area contributed by atoms with E-state index in [9.17, 15) is 13.2 Å². The summed E-state index contributed by atoms with van der Waals surface area (Å²) in [6, 6.07) is 0.0234. The van der Waals surface area contributed by atoms with Gasteiger partial charge in [-0.3, -0.25) is 4.79 Å². The molecule has 3 rings (SSSR count). The number of fused-ring (bicyclic) bond motifs is 1. The van der Waals surface area contributed by atoms with E-state index in [0.29, 0.717) is 18.2 Å². The van der Waals surface area contributed by atoms with Crippen LogP contribution >= 0.6 is 11.3 Å². The van der Waals surface area contributed by atoms with Crippen LogP contribution in [0.15, 0.2) is 9.00 Å². The molecule has 3 atom stereocenters. The van der Waals surface area contributed by atoms with Crippen LogP contribution in [0.3, 0.4) is 0 Å². The zero-order valence-corrected chi connectivity index (χ0v) is 12.5. The summed E-state index contributed by atoms with van der Waals surface area (Å²) in [6.07, 6.45) is 0.884. The van der Waals surface area contributed by atoms with Crippen molar-refractivity contribution in [3.8, 4) is 0 Å². The van der Waals surface area contributed by atoms with Crippen LogP contribution in [0.25, 0.3) is 0 Å². The van der Waals surface area contributed by atoms with Crippen LogP contribution in [0, 0.1) is 12.8 Å². The largest absolute Gasteiger partial charge is 0.315 e. The predicted octanol–water partition coefficient (Wildman–Crippen LogP) is 0.116. The van der Waals surface area contributed by atoms with E-state index in [1.165, 1.54) is 0 Å². The van der Waals surface area contributed by atoms with E-state index in [0.717, 1.165) is 24.3 Å². The lowest BCUT2D eigenvalue weighted by Crippen LogP contribution is -2.42. The minimum atomic E-state index is -3.57. The van der Waals surface area contributed by atoms with Crippen LogP contribution in [0.1, 0.15) is 19.0 Å². The predicted molar refractivity (Wildman–Crippen MR) is 72.9 cm³/mol. The first-order chi connectivity index (χ1) is 8.91. The van der Waals surface area contributed by atoms with Crippen molar-refractivity contribution in [3.63, 3.8) is 0 Å². The Morgan fingerprint density at radius 1 is 1.37 bits per heavy atom. The van der Waals surface area contributed by atoms with Crippen LogP contribution in [0.2, 0.25) is 0 Å². The smallest absolute Gasteiger partial charge is 0.305 e. The minimum absolute atomic E-state index is 0.00120. The van der Waals surface area contributed by atoms with Crippen molar-refractivity contribution in [2.45, 2.75) is 36.6 Å². The molecule has 0 spiro atoms. The monoisotopic (exact) mass is 303 g/mol. The van der Waals surface area contributed by atoms with Crippen LogP contribution < -0.4 is 10.2 Å². The molecule has 1 aromatic rings. The second-order valence-corrected chi connectivity index (χ2v) is 8.35. The maximum atomic E-state index is 12.8. The van der Waals surface area contributed by atoms with Gasteiger partial charge in [-0.2, -0.15) is 4.31 Å². The first-order valence-electron chi connectivity index (χ1n) is 6.35. The van der Waals surface area contributed by atoms with E-state index in [1.54, 1.807) is 11.2 Å². The highest BCUT2D eigenvalue weighted by Gasteiger charge is 2.48. The number of hydrogen-bond acceptors (Lipinski definition) is 5. The van der Waals surface area contributed by atoms with E-state index < -0.39 is 10.0 Å². The van der Waals surface area contributed by atoms with Crippen molar-refractivity contribution in [2.75, 3.05) is 13.1 Å². The molecule has 2 fully saturated rings.